The van der Waals surface area contributed by atoms with Crippen LogP contribution in [0.5, 0.6) is 0 Å². The fourth-order valence-corrected chi connectivity index (χ4v) is 2.57. The zero-order chi connectivity index (χ0) is 18.1. The molecule has 1 aromatic rings. The molecular weight excluding hydrogens is 348 g/mol. The molecule has 128 valence electrons. The molecule has 2 heterocycles. The minimum atomic E-state index is -0.623. The van der Waals surface area contributed by atoms with Gasteiger partial charge in [-0.25, -0.2) is 9.89 Å². The van der Waals surface area contributed by atoms with Gasteiger partial charge < -0.3 is 14.6 Å². The van der Waals surface area contributed by atoms with Crippen molar-refractivity contribution in [3.8, 4) is 16.9 Å². The van der Waals surface area contributed by atoms with Crippen LogP contribution in [0.1, 0.15) is 17.3 Å². The molecule has 0 fully saturated rings. The molecule has 0 unspecified atom stereocenters. The molecule has 0 aliphatic carbocycles. The Morgan fingerprint density at radius 2 is 2.08 bits per heavy atom. The van der Waals surface area contributed by atoms with Gasteiger partial charge in [-0.3, -0.25) is 9.59 Å². The molecule has 0 radical (unpaired) electrons. The van der Waals surface area contributed by atoms with E-state index >= 15 is 0 Å². The summed E-state index contributed by atoms with van der Waals surface area (Å²) in [4.78, 5) is 35.2. The third-order valence-corrected chi connectivity index (χ3v) is 3.85. The predicted molar refractivity (Wildman–Crippen MR) is 91.5 cm³/mol. The monoisotopic (exact) mass is 360 g/mol. The molecule has 8 nitrogen and oxygen atoms in total. The number of fused-ring (bicyclic) bond motifs is 1. The first-order chi connectivity index (χ1) is 11.9. The molecule has 3 rings (SSSR count). The minimum Gasteiger partial charge on any atom is -0.465 e. The average Bonchev–Trinajstić information content (AvgIpc) is 2.96. The number of halogens is 1. The quantitative estimate of drug-likeness (QED) is 0.695. The van der Waals surface area contributed by atoms with E-state index in [-0.39, 0.29) is 22.7 Å². The van der Waals surface area contributed by atoms with Gasteiger partial charge in [0, 0.05) is 25.0 Å². The maximum absolute atomic E-state index is 12.0. The van der Waals surface area contributed by atoms with Crippen molar-refractivity contribution in [1.29, 1.82) is 0 Å². The van der Waals surface area contributed by atoms with Crippen molar-refractivity contribution in [2.24, 2.45) is 0 Å². The van der Waals surface area contributed by atoms with Crippen LogP contribution in [0.15, 0.2) is 35.4 Å². The second-order valence-corrected chi connectivity index (χ2v) is 5.64. The maximum Gasteiger partial charge on any atom is 0.341 e. The molecule has 0 atom stereocenters. The number of amides is 1. The molecule has 1 amide bonds. The summed E-state index contributed by atoms with van der Waals surface area (Å²) in [5.74, 6) is -0.895. The molecule has 0 saturated carbocycles. The van der Waals surface area contributed by atoms with Crippen LogP contribution in [0.3, 0.4) is 0 Å². The second-order valence-electron chi connectivity index (χ2n) is 5.23. The average molecular weight is 361 g/mol. The van der Waals surface area contributed by atoms with E-state index in [2.05, 4.69) is 15.5 Å². The van der Waals surface area contributed by atoms with Crippen LogP contribution in [0.2, 0.25) is 5.02 Å². The Kier molecular flexibility index (Phi) is 4.28. The summed E-state index contributed by atoms with van der Waals surface area (Å²) in [6.07, 6.45) is 3.03. The van der Waals surface area contributed by atoms with Crippen molar-refractivity contribution in [2.75, 3.05) is 12.4 Å². The molecule has 0 bridgehead atoms. The van der Waals surface area contributed by atoms with Gasteiger partial charge in [0.1, 0.15) is 11.3 Å². The SMILES string of the molecule is COC(=O)c1cn(-c2ccc(Cl)c(NC(C)=O)c2)cc2c(=O)[nH]nc1-2. The lowest BCUT2D eigenvalue weighted by atomic mass is 10.1. The first-order valence-electron chi connectivity index (χ1n) is 7.17. The topological polar surface area (TPSA) is 106 Å². The Hall–Kier alpha value is -3.13. The predicted octanol–water partition coefficient (Wildman–Crippen LogP) is 2.06. The highest BCUT2D eigenvalue weighted by Gasteiger charge is 2.22. The fraction of sp³-hybridized carbons (Fsp3) is 0.125. The van der Waals surface area contributed by atoms with Crippen molar-refractivity contribution in [1.82, 2.24) is 14.8 Å². The number of ether oxygens (including phenoxy) is 1. The number of aromatic nitrogens is 3. The zero-order valence-electron chi connectivity index (χ0n) is 13.3. The van der Waals surface area contributed by atoms with Crippen LogP contribution in [0.4, 0.5) is 5.69 Å². The number of nitrogens with zero attached hydrogens (tertiary/aromatic N) is 2. The number of aromatic amines is 1. The van der Waals surface area contributed by atoms with Gasteiger partial charge in [-0.15, -0.1) is 0 Å². The van der Waals surface area contributed by atoms with Gasteiger partial charge in [-0.1, -0.05) is 11.6 Å². The number of rotatable bonds is 3. The maximum atomic E-state index is 12.0. The third-order valence-electron chi connectivity index (χ3n) is 3.52. The highest BCUT2D eigenvalue weighted by Crippen LogP contribution is 2.27. The van der Waals surface area contributed by atoms with Gasteiger partial charge in [0.25, 0.3) is 5.56 Å². The fourth-order valence-electron chi connectivity index (χ4n) is 2.40. The van der Waals surface area contributed by atoms with E-state index in [1.54, 1.807) is 22.8 Å². The first-order valence-corrected chi connectivity index (χ1v) is 7.54. The van der Waals surface area contributed by atoms with Crippen LogP contribution in [0, 0.1) is 0 Å². The van der Waals surface area contributed by atoms with E-state index in [0.717, 1.165) is 0 Å². The van der Waals surface area contributed by atoms with E-state index in [0.29, 0.717) is 16.4 Å². The van der Waals surface area contributed by atoms with Gasteiger partial charge in [0.15, 0.2) is 0 Å². The standard InChI is InChI=1S/C16H13ClN4O4/c1-8(22)18-13-5-9(3-4-12(13)17)21-6-10-14(19-20-15(10)23)11(7-21)16(24)25-2/h3-7H,1-2H3,(H,18,22)(H,20,23). The summed E-state index contributed by atoms with van der Waals surface area (Å²) in [7, 11) is 1.24. The minimum absolute atomic E-state index is 0.134. The molecule has 0 aromatic heterocycles. The molecular formula is C16H13ClN4O4. The number of carbonyl (C=O) groups excluding carboxylic acids is 2. The summed E-state index contributed by atoms with van der Waals surface area (Å²) in [5.41, 5.74) is 1.16. The number of nitrogens with one attached hydrogen (secondary N) is 2. The Labute approximate surface area is 146 Å². The van der Waals surface area contributed by atoms with Crippen LogP contribution >= 0.6 is 11.6 Å². The Morgan fingerprint density at radius 1 is 1.32 bits per heavy atom. The molecule has 0 saturated heterocycles. The molecule has 9 heteroatoms. The Morgan fingerprint density at radius 3 is 2.76 bits per heavy atom. The van der Waals surface area contributed by atoms with Gasteiger partial charge in [-0.2, -0.15) is 5.10 Å². The highest BCUT2D eigenvalue weighted by atomic mass is 35.5. The van der Waals surface area contributed by atoms with Gasteiger partial charge in [-0.05, 0) is 18.2 Å². The smallest absolute Gasteiger partial charge is 0.341 e. The van der Waals surface area contributed by atoms with E-state index in [1.165, 1.54) is 26.4 Å². The van der Waals surface area contributed by atoms with Crippen molar-refractivity contribution >= 4 is 29.2 Å². The second kappa shape index (κ2) is 6.40. The van der Waals surface area contributed by atoms with Crippen LogP contribution in [-0.2, 0) is 9.53 Å². The molecule has 2 aliphatic rings. The number of pyridine rings is 1. The third kappa shape index (κ3) is 3.11. The van der Waals surface area contributed by atoms with Crippen LogP contribution in [-0.4, -0.2) is 33.8 Å². The molecule has 2 N–H and O–H groups in total. The van der Waals surface area contributed by atoms with E-state index in [4.69, 9.17) is 16.3 Å². The highest BCUT2D eigenvalue weighted by molar-refractivity contribution is 6.33. The molecule has 1 aromatic carbocycles. The van der Waals surface area contributed by atoms with Gasteiger partial charge in [0.2, 0.25) is 5.91 Å². The van der Waals surface area contributed by atoms with Crippen molar-refractivity contribution < 1.29 is 14.3 Å². The Balaban J connectivity index is 2.20. The Bertz CT molecular complexity index is 1010. The van der Waals surface area contributed by atoms with Gasteiger partial charge in [0.05, 0.1) is 23.4 Å². The summed E-state index contributed by atoms with van der Waals surface area (Å²) < 4.78 is 6.32. The number of esters is 1. The van der Waals surface area contributed by atoms with Crippen molar-refractivity contribution in [3.05, 3.63) is 51.5 Å². The number of methoxy groups -OCH3 is 1. The van der Waals surface area contributed by atoms with Crippen LogP contribution in [0.25, 0.3) is 16.9 Å². The summed E-state index contributed by atoms with van der Waals surface area (Å²) in [5, 5.41) is 9.16. The zero-order valence-corrected chi connectivity index (χ0v) is 14.0. The van der Waals surface area contributed by atoms with Gasteiger partial charge >= 0.3 is 5.97 Å². The number of H-pyrrole nitrogens is 1. The van der Waals surface area contributed by atoms with Crippen molar-refractivity contribution in [2.45, 2.75) is 6.92 Å². The normalized spacial score (nSPS) is 10.7. The number of carbonyl (C=O) groups is 2. The summed E-state index contributed by atoms with van der Waals surface area (Å²) in [6.45, 7) is 1.37. The van der Waals surface area contributed by atoms with E-state index in [9.17, 15) is 14.4 Å². The number of benzene rings is 1. The van der Waals surface area contributed by atoms with Crippen molar-refractivity contribution in [3.63, 3.8) is 0 Å². The lowest BCUT2D eigenvalue weighted by Crippen LogP contribution is -2.12. The molecule has 25 heavy (non-hydrogen) atoms. The van der Waals surface area contributed by atoms with E-state index < -0.39 is 11.5 Å². The summed E-state index contributed by atoms with van der Waals surface area (Å²) in [6, 6.07) is 4.91. The largest absolute Gasteiger partial charge is 0.465 e. The van der Waals surface area contributed by atoms with E-state index in [1.807, 2.05) is 0 Å². The lowest BCUT2D eigenvalue weighted by Gasteiger charge is -2.14. The van der Waals surface area contributed by atoms with Crippen LogP contribution < -0.4 is 10.9 Å². The summed E-state index contributed by atoms with van der Waals surface area (Å²) >= 11 is 6.07. The number of anilines is 1. The lowest BCUT2D eigenvalue weighted by molar-refractivity contribution is -0.114. The first kappa shape index (κ1) is 16.7. The molecule has 2 aliphatic heterocycles. The number of hydrogen-bond donors (Lipinski definition) is 2. The molecule has 0 spiro atoms. The number of hydrogen-bond acceptors (Lipinski definition) is 5.